The van der Waals surface area contributed by atoms with Gasteiger partial charge in [0.05, 0.1) is 5.69 Å². The second-order valence-electron chi connectivity index (χ2n) is 5.23. The predicted octanol–water partition coefficient (Wildman–Crippen LogP) is 3.88. The van der Waals surface area contributed by atoms with Gasteiger partial charge in [-0.1, -0.05) is 35.9 Å². The Morgan fingerprint density at radius 3 is 2.50 bits per heavy atom. The molecule has 2 aromatic heterocycles. The molecule has 0 atom stereocenters. The van der Waals surface area contributed by atoms with Gasteiger partial charge in [-0.15, -0.1) is 0 Å². The first-order valence-corrected chi connectivity index (χ1v) is 7.18. The number of Topliss-reactive ketones (excluding diaryl/α,β-unsaturated/α-hetero) is 1. The van der Waals surface area contributed by atoms with Crippen LogP contribution in [0.2, 0.25) is 0 Å². The molecule has 3 heteroatoms. The van der Waals surface area contributed by atoms with E-state index in [-0.39, 0.29) is 5.78 Å². The van der Waals surface area contributed by atoms with Crippen LogP contribution in [0.3, 0.4) is 0 Å². The van der Waals surface area contributed by atoms with Crippen LogP contribution in [-0.4, -0.2) is 15.8 Å². The zero-order valence-corrected chi connectivity index (χ0v) is 12.4. The van der Waals surface area contributed by atoms with Crippen LogP contribution in [0, 0.1) is 6.92 Å². The Bertz CT molecular complexity index is 780. The number of nitrogens with zero attached hydrogens (tertiary/aromatic N) is 2. The fourth-order valence-corrected chi connectivity index (χ4v) is 2.27. The molecule has 22 heavy (non-hydrogen) atoms. The van der Waals surface area contributed by atoms with E-state index in [4.69, 9.17) is 0 Å². The van der Waals surface area contributed by atoms with Crippen molar-refractivity contribution >= 4 is 5.78 Å². The van der Waals surface area contributed by atoms with Gasteiger partial charge in [0.15, 0.2) is 5.78 Å². The van der Waals surface area contributed by atoms with Gasteiger partial charge in [0.25, 0.3) is 0 Å². The van der Waals surface area contributed by atoms with Crippen LogP contribution in [0.15, 0.2) is 67.0 Å². The maximum atomic E-state index is 12.2. The van der Waals surface area contributed by atoms with E-state index in [0.29, 0.717) is 12.1 Å². The predicted molar refractivity (Wildman–Crippen MR) is 86.7 cm³/mol. The van der Waals surface area contributed by atoms with Crippen molar-refractivity contribution in [3.63, 3.8) is 0 Å². The van der Waals surface area contributed by atoms with Gasteiger partial charge < -0.3 is 0 Å². The number of hydrogen-bond acceptors (Lipinski definition) is 3. The van der Waals surface area contributed by atoms with Crippen molar-refractivity contribution in [2.45, 2.75) is 13.3 Å². The molecule has 0 radical (unpaired) electrons. The van der Waals surface area contributed by atoms with E-state index in [2.05, 4.69) is 29.0 Å². The van der Waals surface area contributed by atoms with Gasteiger partial charge in [-0.25, -0.2) is 0 Å². The van der Waals surface area contributed by atoms with Crippen LogP contribution in [0.1, 0.15) is 21.6 Å². The molecule has 0 saturated carbocycles. The lowest BCUT2D eigenvalue weighted by molar-refractivity contribution is 0.0988. The van der Waals surface area contributed by atoms with E-state index in [1.807, 2.05) is 30.3 Å². The summed E-state index contributed by atoms with van der Waals surface area (Å²) in [6, 6.07) is 17.4. The van der Waals surface area contributed by atoms with Crippen molar-refractivity contribution in [1.82, 2.24) is 9.97 Å². The van der Waals surface area contributed by atoms with E-state index < -0.39 is 0 Å². The number of aryl methyl sites for hydroxylation is 1. The Labute approximate surface area is 129 Å². The van der Waals surface area contributed by atoms with Crippen LogP contribution in [0.5, 0.6) is 0 Å². The number of ketones is 1. The zero-order chi connectivity index (χ0) is 15.4. The summed E-state index contributed by atoms with van der Waals surface area (Å²) < 4.78 is 0. The second-order valence-corrected chi connectivity index (χ2v) is 5.23. The van der Waals surface area contributed by atoms with Crippen molar-refractivity contribution in [2.24, 2.45) is 0 Å². The minimum Gasteiger partial charge on any atom is -0.292 e. The standard InChI is InChI=1S/C19H16N2O/c1-14-5-7-16(8-6-14)18-12-15(9-11-21-18)13-19(22)17-4-2-3-10-20-17/h2-12H,13H2,1H3. The SMILES string of the molecule is Cc1ccc(-c2cc(CC(=O)c3ccccn3)ccn2)cc1. The monoisotopic (exact) mass is 288 g/mol. The summed E-state index contributed by atoms with van der Waals surface area (Å²) in [4.78, 5) is 20.7. The normalized spacial score (nSPS) is 10.4. The highest BCUT2D eigenvalue weighted by molar-refractivity contribution is 5.95. The van der Waals surface area contributed by atoms with Gasteiger partial charge in [-0.05, 0) is 36.8 Å². The number of carbonyl (C=O) groups is 1. The topological polar surface area (TPSA) is 42.9 Å². The molecule has 3 nitrogen and oxygen atoms in total. The average molecular weight is 288 g/mol. The molecule has 0 N–H and O–H groups in total. The molecule has 1 aromatic carbocycles. The number of aromatic nitrogens is 2. The van der Waals surface area contributed by atoms with Crippen molar-refractivity contribution in [2.75, 3.05) is 0 Å². The summed E-state index contributed by atoms with van der Waals surface area (Å²) in [5, 5.41) is 0. The molecule has 3 rings (SSSR count). The molecule has 0 fully saturated rings. The molecule has 2 heterocycles. The van der Waals surface area contributed by atoms with Crippen molar-refractivity contribution in [3.8, 4) is 11.3 Å². The molecule has 3 aromatic rings. The molecule has 0 unspecified atom stereocenters. The number of carbonyl (C=O) groups excluding carboxylic acids is 1. The third kappa shape index (κ3) is 3.26. The molecule has 0 bridgehead atoms. The first-order valence-electron chi connectivity index (χ1n) is 7.18. The quantitative estimate of drug-likeness (QED) is 0.684. The van der Waals surface area contributed by atoms with Crippen LogP contribution < -0.4 is 0 Å². The zero-order valence-electron chi connectivity index (χ0n) is 12.4. The van der Waals surface area contributed by atoms with Crippen molar-refractivity contribution in [3.05, 3.63) is 83.8 Å². The molecular weight excluding hydrogens is 272 g/mol. The molecule has 0 aliphatic rings. The van der Waals surface area contributed by atoms with Gasteiger partial charge in [0, 0.05) is 24.4 Å². The maximum absolute atomic E-state index is 12.2. The minimum atomic E-state index is 0.0154. The van der Waals surface area contributed by atoms with Gasteiger partial charge in [-0.3, -0.25) is 14.8 Å². The van der Waals surface area contributed by atoms with Crippen LogP contribution in [0.4, 0.5) is 0 Å². The first-order chi connectivity index (χ1) is 10.7. The molecule has 0 spiro atoms. The lowest BCUT2D eigenvalue weighted by Gasteiger charge is -2.05. The molecule has 0 saturated heterocycles. The number of benzene rings is 1. The molecule has 0 amide bonds. The van der Waals surface area contributed by atoms with E-state index >= 15 is 0 Å². The highest BCUT2D eigenvalue weighted by Crippen LogP contribution is 2.19. The van der Waals surface area contributed by atoms with Crippen LogP contribution >= 0.6 is 0 Å². The first kappa shape index (κ1) is 14.1. The van der Waals surface area contributed by atoms with Gasteiger partial charge >= 0.3 is 0 Å². The average Bonchev–Trinajstić information content (AvgIpc) is 2.56. The fourth-order valence-electron chi connectivity index (χ4n) is 2.27. The largest absolute Gasteiger partial charge is 0.292 e. The fraction of sp³-hybridized carbons (Fsp3) is 0.105. The summed E-state index contributed by atoms with van der Waals surface area (Å²) in [6.45, 7) is 2.05. The summed E-state index contributed by atoms with van der Waals surface area (Å²) in [7, 11) is 0. The smallest absolute Gasteiger partial charge is 0.185 e. The number of hydrogen-bond donors (Lipinski definition) is 0. The van der Waals surface area contributed by atoms with Crippen LogP contribution in [-0.2, 0) is 6.42 Å². The Morgan fingerprint density at radius 2 is 1.77 bits per heavy atom. The third-order valence-corrected chi connectivity index (χ3v) is 3.49. The Balaban J connectivity index is 1.82. The molecular formula is C19H16N2O. The summed E-state index contributed by atoms with van der Waals surface area (Å²) in [5.74, 6) is 0.0154. The maximum Gasteiger partial charge on any atom is 0.185 e. The Hall–Kier alpha value is -2.81. The Kier molecular flexibility index (Phi) is 4.05. The lowest BCUT2D eigenvalue weighted by Crippen LogP contribution is -2.05. The van der Waals surface area contributed by atoms with Crippen LogP contribution in [0.25, 0.3) is 11.3 Å². The van der Waals surface area contributed by atoms with Gasteiger partial charge in [0.1, 0.15) is 5.69 Å². The third-order valence-electron chi connectivity index (χ3n) is 3.49. The van der Waals surface area contributed by atoms with E-state index in [9.17, 15) is 4.79 Å². The molecule has 108 valence electrons. The van der Waals surface area contributed by atoms with Gasteiger partial charge in [0.2, 0.25) is 0 Å². The molecule has 0 aliphatic carbocycles. The highest BCUT2D eigenvalue weighted by atomic mass is 16.1. The lowest BCUT2D eigenvalue weighted by atomic mass is 10.0. The van der Waals surface area contributed by atoms with E-state index in [1.54, 1.807) is 24.5 Å². The van der Waals surface area contributed by atoms with E-state index in [1.165, 1.54) is 5.56 Å². The van der Waals surface area contributed by atoms with Crippen molar-refractivity contribution in [1.29, 1.82) is 0 Å². The molecule has 0 aliphatic heterocycles. The second kappa shape index (κ2) is 6.31. The summed E-state index contributed by atoms with van der Waals surface area (Å²) >= 11 is 0. The summed E-state index contributed by atoms with van der Waals surface area (Å²) in [5.41, 5.74) is 4.59. The minimum absolute atomic E-state index is 0.0154. The summed E-state index contributed by atoms with van der Waals surface area (Å²) in [6.07, 6.45) is 3.71. The van der Waals surface area contributed by atoms with Gasteiger partial charge in [-0.2, -0.15) is 0 Å². The highest BCUT2D eigenvalue weighted by Gasteiger charge is 2.09. The number of pyridine rings is 2. The Morgan fingerprint density at radius 1 is 0.955 bits per heavy atom. The number of rotatable bonds is 4. The van der Waals surface area contributed by atoms with Crippen molar-refractivity contribution < 1.29 is 4.79 Å². The van der Waals surface area contributed by atoms with E-state index in [0.717, 1.165) is 16.8 Å².